The van der Waals surface area contributed by atoms with E-state index in [1.54, 1.807) is 5.01 Å². The maximum absolute atomic E-state index is 9.21. The summed E-state index contributed by atoms with van der Waals surface area (Å²) in [5.74, 6) is 0.558. The van der Waals surface area contributed by atoms with Crippen molar-refractivity contribution in [2.24, 2.45) is 4.99 Å². The molecule has 0 amide bonds. The zero-order valence-electron chi connectivity index (χ0n) is 6.67. The average Bonchev–Trinajstić information content (AvgIpc) is 2.29. The minimum atomic E-state index is -0.961. The summed E-state index contributed by atoms with van der Waals surface area (Å²) in [6, 6.07) is 1.97. The molecule has 1 rings (SSSR count). The number of nitriles is 1. The zero-order chi connectivity index (χ0) is 9.14. The highest BCUT2D eigenvalue weighted by Crippen LogP contribution is 2.17. The lowest BCUT2D eigenvalue weighted by molar-refractivity contribution is 0.0114. The van der Waals surface area contributed by atoms with E-state index in [-0.39, 0.29) is 6.42 Å². The Morgan fingerprint density at radius 2 is 2.50 bits per heavy atom. The van der Waals surface area contributed by atoms with Crippen LogP contribution in [0.3, 0.4) is 0 Å². The summed E-state index contributed by atoms with van der Waals surface area (Å²) in [6.07, 6.45) is -0.765. The molecule has 0 spiro atoms. The van der Waals surface area contributed by atoms with Crippen LogP contribution in [0, 0.1) is 11.3 Å². The lowest BCUT2D eigenvalue weighted by Gasteiger charge is -2.24. The molecule has 0 fully saturated rings. The Labute approximate surface area is 76.4 Å². The van der Waals surface area contributed by atoms with E-state index in [4.69, 9.17) is 5.26 Å². The molecule has 12 heavy (non-hydrogen) atoms. The number of amidine groups is 1. The molecule has 0 aromatic heterocycles. The molecular weight excluding hydrogens is 176 g/mol. The van der Waals surface area contributed by atoms with Crippen molar-refractivity contribution in [1.82, 2.24) is 9.42 Å². The predicted molar refractivity (Wildman–Crippen MR) is 46.9 cm³/mol. The van der Waals surface area contributed by atoms with Crippen molar-refractivity contribution in [3.8, 4) is 6.07 Å². The number of nitrogens with zero attached hydrogens (tertiary/aromatic N) is 4. The number of hydrogen-bond acceptors (Lipinski definition) is 6. The fourth-order valence-electron chi connectivity index (χ4n) is 1.03. The molecule has 0 aromatic carbocycles. The maximum atomic E-state index is 9.21. The number of aliphatic hydroxyl groups excluding tert-OH is 1. The van der Waals surface area contributed by atoms with E-state index in [2.05, 4.69) is 17.8 Å². The minimum Gasteiger partial charge on any atom is -0.358 e. The fourth-order valence-corrected chi connectivity index (χ4v) is 1.31. The van der Waals surface area contributed by atoms with Crippen LogP contribution in [0.5, 0.6) is 0 Å². The zero-order valence-corrected chi connectivity index (χ0v) is 7.57. The molecule has 1 heterocycles. The van der Waals surface area contributed by atoms with Gasteiger partial charge in [0.15, 0.2) is 0 Å². The van der Waals surface area contributed by atoms with Crippen molar-refractivity contribution in [3.63, 3.8) is 0 Å². The van der Waals surface area contributed by atoms with Crippen molar-refractivity contribution in [3.05, 3.63) is 0 Å². The van der Waals surface area contributed by atoms with Gasteiger partial charge >= 0.3 is 0 Å². The lowest BCUT2D eigenvalue weighted by atomic mass is 10.4. The molecule has 0 aliphatic carbocycles. The van der Waals surface area contributed by atoms with Gasteiger partial charge in [-0.25, -0.2) is 4.99 Å². The largest absolute Gasteiger partial charge is 0.358 e. The summed E-state index contributed by atoms with van der Waals surface area (Å²) in [7, 11) is 0. The van der Waals surface area contributed by atoms with Crippen LogP contribution in [0.25, 0.3) is 0 Å². The summed E-state index contributed by atoms with van der Waals surface area (Å²) in [6.45, 7) is 2.54. The SMILES string of the molecule is CCN1C(CC#N)=NC(O)N1S. The van der Waals surface area contributed by atoms with Gasteiger partial charge in [0.05, 0.1) is 12.5 Å². The van der Waals surface area contributed by atoms with Gasteiger partial charge in [-0.3, -0.25) is 5.01 Å². The van der Waals surface area contributed by atoms with Crippen molar-refractivity contribution in [2.45, 2.75) is 19.7 Å². The van der Waals surface area contributed by atoms with E-state index in [9.17, 15) is 5.11 Å². The van der Waals surface area contributed by atoms with Gasteiger partial charge in [0, 0.05) is 6.54 Å². The molecule has 0 radical (unpaired) electrons. The fraction of sp³-hybridized carbons (Fsp3) is 0.667. The monoisotopic (exact) mass is 186 g/mol. The normalized spacial score (nSPS) is 24.0. The van der Waals surface area contributed by atoms with E-state index in [0.717, 1.165) is 0 Å². The molecule has 1 atom stereocenters. The van der Waals surface area contributed by atoms with Crippen LogP contribution in [-0.4, -0.2) is 33.3 Å². The topological polar surface area (TPSA) is 62.9 Å². The molecule has 5 nitrogen and oxygen atoms in total. The van der Waals surface area contributed by atoms with Gasteiger partial charge in [0.2, 0.25) is 6.35 Å². The maximum Gasteiger partial charge on any atom is 0.232 e. The summed E-state index contributed by atoms with van der Waals surface area (Å²) < 4.78 is 1.30. The summed E-state index contributed by atoms with van der Waals surface area (Å²) >= 11 is 4.00. The highest BCUT2D eigenvalue weighted by molar-refractivity contribution is 7.77. The van der Waals surface area contributed by atoms with E-state index < -0.39 is 6.35 Å². The summed E-state index contributed by atoms with van der Waals surface area (Å²) in [5.41, 5.74) is 0. The van der Waals surface area contributed by atoms with Crippen LogP contribution in [0.2, 0.25) is 0 Å². The number of rotatable bonds is 2. The van der Waals surface area contributed by atoms with Gasteiger partial charge in [-0.1, -0.05) is 12.8 Å². The summed E-state index contributed by atoms with van der Waals surface area (Å²) in [4.78, 5) is 3.84. The number of aliphatic imine (C=N–C) groups is 1. The first kappa shape index (κ1) is 9.32. The minimum absolute atomic E-state index is 0.196. The Bertz CT molecular complexity index is 236. The van der Waals surface area contributed by atoms with E-state index in [1.165, 1.54) is 4.41 Å². The standard InChI is InChI=1S/C6H10N4OS/c1-2-9-5(3-4-7)8-6(11)10(9)12/h6,11-12H,2-3H2,1H3. The number of hydrogen-bond donors (Lipinski definition) is 2. The molecule has 0 bridgehead atoms. The van der Waals surface area contributed by atoms with E-state index >= 15 is 0 Å². The van der Waals surface area contributed by atoms with E-state index in [1.807, 2.05) is 13.0 Å². The number of hydrazine groups is 1. The Balaban J connectivity index is 2.72. The molecule has 1 aliphatic heterocycles. The number of aliphatic hydroxyl groups is 1. The van der Waals surface area contributed by atoms with Crippen molar-refractivity contribution in [2.75, 3.05) is 6.54 Å². The van der Waals surface area contributed by atoms with Gasteiger partial charge in [-0.15, -0.1) is 4.41 Å². The van der Waals surface area contributed by atoms with Gasteiger partial charge in [-0.05, 0) is 6.92 Å². The van der Waals surface area contributed by atoms with Crippen LogP contribution >= 0.6 is 12.8 Å². The first-order valence-electron chi connectivity index (χ1n) is 3.58. The molecule has 1 unspecified atom stereocenters. The Morgan fingerprint density at radius 1 is 1.83 bits per heavy atom. The quantitative estimate of drug-likeness (QED) is 0.594. The second kappa shape index (κ2) is 3.76. The average molecular weight is 186 g/mol. The van der Waals surface area contributed by atoms with Crippen LogP contribution < -0.4 is 0 Å². The summed E-state index contributed by atoms with van der Waals surface area (Å²) in [5, 5.41) is 19.3. The van der Waals surface area contributed by atoms with Gasteiger partial charge in [0.25, 0.3) is 0 Å². The molecule has 0 saturated carbocycles. The smallest absolute Gasteiger partial charge is 0.232 e. The molecule has 1 aliphatic rings. The molecule has 6 heteroatoms. The molecule has 66 valence electrons. The van der Waals surface area contributed by atoms with Gasteiger partial charge in [-0.2, -0.15) is 5.26 Å². The van der Waals surface area contributed by atoms with E-state index in [0.29, 0.717) is 12.4 Å². The van der Waals surface area contributed by atoms with Crippen LogP contribution in [0.15, 0.2) is 4.99 Å². The second-order valence-electron chi connectivity index (χ2n) is 2.26. The third kappa shape index (κ3) is 1.53. The number of thiol groups is 1. The third-order valence-corrected chi connectivity index (χ3v) is 1.98. The second-order valence-corrected chi connectivity index (χ2v) is 2.67. The van der Waals surface area contributed by atoms with Crippen LogP contribution in [0.1, 0.15) is 13.3 Å². The van der Waals surface area contributed by atoms with Crippen molar-refractivity contribution in [1.29, 1.82) is 5.26 Å². The Morgan fingerprint density at radius 3 is 3.00 bits per heavy atom. The first-order chi connectivity index (χ1) is 5.70. The molecule has 1 N–H and O–H groups in total. The predicted octanol–water partition coefficient (Wildman–Crippen LogP) is -0.0282. The first-order valence-corrected chi connectivity index (χ1v) is 3.98. The molecular formula is C6H10N4OS. The van der Waals surface area contributed by atoms with Crippen molar-refractivity contribution >= 4 is 18.7 Å². The highest BCUT2D eigenvalue weighted by atomic mass is 32.1. The van der Waals surface area contributed by atoms with Crippen LogP contribution in [-0.2, 0) is 0 Å². The third-order valence-electron chi connectivity index (χ3n) is 1.55. The Kier molecular flexibility index (Phi) is 2.92. The van der Waals surface area contributed by atoms with Gasteiger partial charge < -0.3 is 5.11 Å². The van der Waals surface area contributed by atoms with Gasteiger partial charge in [0.1, 0.15) is 5.84 Å². The lowest BCUT2D eigenvalue weighted by Crippen LogP contribution is -2.38. The molecule has 0 saturated heterocycles. The van der Waals surface area contributed by atoms with Crippen molar-refractivity contribution < 1.29 is 5.11 Å². The van der Waals surface area contributed by atoms with Crippen LogP contribution in [0.4, 0.5) is 0 Å². The highest BCUT2D eigenvalue weighted by Gasteiger charge is 2.28. The Hall–Kier alpha value is -0.770. The molecule has 0 aromatic rings.